The molecule has 1 aliphatic rings. The molecule has 0 aliphatic heterocycles. The van der Waals surface area contributed by atoms with Gasteiger partial charge in [0.15, 0.2) is 9.84 Å². The highest BCUT2D eigenvalue weighted by atomic mass is 32.2. The van der Waals surface area contributed by atoms with Crippen molar-refractivity contribution in [2.45, 2.75) is 50.3 Å². The Balaban J connectivity index is 2.71. The van der Waals surface area contributed by atoms with Gasteiger partial charge in [0, 0.05) is 0 Å². The van der Waals surface area contributed by atoms with Crippen LogP contribution in [-0.2, 0) is 19.4 Å². The lowest BCUT2D eigenvalue weighted by Gasteiger charge is -2.38. The van der Waals surface area contributed by atoms with Gasteiger partial charge in [0.25, 0.3) is 0 Å². The first kappa shape index (κ1) is 14.9. The largest absolute Gasteiger partial charge is 0.480 e. The molecular formula is C11H19NO5S. The van der Waals surface area contributed by atoms with Crippen molar-refractivity contribution in [1.82, 2.24) is 5.32 Å². The molecule has 0 aromatic carbocycles. The number of carbonyl (C=O) groups excluding carboxylic acids is 1. The lowest BCUT2D eigenvalue weighted by atomic mass is 9.77. The SMILES string of the molecule is CC(C)(C)S(=O)(=O)CC(=O)NC1(C(=O)O)CCC1. The zero-order valence-corrected chi connectivity index (χ0v) is 11.6. The highest BCUT2D eigenvalue weighted by Crippen LogP contribution is 2.32. The Morgan fingerprint density at radius 3 is 2.06 bits per heavy atom. The van der Waals surface area contributed by atoms with Gasteiger partial charge in [-0.1, -0.05) is 0 Å². The molecule has 1 aliphatic carbocycles. The molecule has 0 bridgehead atoms. The normalized spacial score (nSPS) is 18.8. The van der Waals surface area contributed by atoms with Crippen LogP contribution in [0, 0.1) is 0 Å². The van der Waals surface area contributed by atoms with E-state index in [1.54, 1.807) is 0 Å². The van der Waals surface area contributed by atoms with E-state index in [4.69, 9.17) is 5.11 Å². The summed E-state index contributed by atoms with van der Waals surface area (Å²) in [5.74, 6) is -2.52. The van der Waals surface area contributed by atoms with E-state index in [2.05, 4.69) is 5.32 Å². The summed E-state index contributed by atoms with van der Waals surface area (Å²) < 4.78 is 22.6. The van der Waals surface area contributed by atoms with Crippen molar-refractivity contribution in [3.05, 3.63) is 0 Å². The van der Waals surface area contributed by atoms with Crippen molar-refractivity contribution in [2.75, 3.05) is 5.75 Å². The van der Waals surface area contributed by atoms with Gasteiger partial charge in [-0.3, -0.25) is 4.79 Å². The second-order valence-corrected chi connectivity index (χ2v) is 8.40. The van der Waals surface area contributed by atoms with Gasteiger partial charge in [0.05, 0.1) is 4.75 Å². The predicted molar refractivity (Wildman–Crippen MR) is 65.9 cm³/mol. The molecule has 104 valence electrons. The van der Waals surface area contributed by atoms with Gasteiger partial charge >= 0.3 is 5.97 Å². The number of amides is 1. The van der Waals surface area contributed by atoms with Crippen molar-refractivity contribution >= 4 is 21.7 Å². The van der Waals surface area contributed by atoms with Crippen LogP contribution in [-0.4, -0.2) is 41.4 Å². The van der Waals surface area contributed by atoms with Crippen molar-refractivity contribution in [1.29, 1.82) is 0 Å². The molecule has 0 spiro atoms. The fraction of sp³-hybridized carbons (Fsp3) is 0.818. The minimum atomic E-state index is -3.58. The summed E-state index contributed by atoms with van der Waals surface area (Å²) in [5.41, 5.74) is -1.26. The minimum absolute atomic E-state index is 0.351. The Hall–Kier alpha value is -1.11. The zero-order chi connectivity index (χ0) is 14.2. The topological polar surface area (TPSA) is 101 Å². The van der Waals surface area contributed by atoms with Crippen molar-refractivity contribution in [3.63, 3.8) is 0 Å². The molecule has 0 atom stereocenters. The molecule has 18 heavy (non-hydrogen) atoms. The first-order valence-corrected chi connectivity index (χ1v) is 7.42. The summed E-state index contributed by atoms with van der Waals surface area (Å²) in [4.78, 5) is 22.7. The van der Waals surface area contributed by atoms with Crippen LogP contribution in [0.2, 0.25) is 0 Å². The fourth-order valence-electron chi connectivity index (χ4n) is 1.61. The first-order valence-electron chi connectivity index (χ1n) is 5.77. The third-order valence-electron chi connectivity index (χ3n) is 3.25. The van der Waals surface area contributed by atoms with E-state index in [-0.39, 0.29) is 0 Å². The average molecular weight is 277 g/mol. The van der Waals surface area contributed by atoms with Crippen molar-refractivity contribution in [2.24, 2.45) is 0 Å². The molecule has 1 fully saturated rings. The third-order valence-corrected chi connectivity index (χ3v) is 5.76. The summed E-state index contributed by atoms with van der Waals surface area (Å²) >= 11 is 0. The van der Waals surface area contributed by atoms with Gasteiger partial charge in [-0.05, 0) is 40.0 Å². The van der Waals surface area contributed by atoms with Crippen LogP contribution in [0.3, 0.4) is 0 Å². The number of hydrogen-bond acceptors (Lipinski definition) is 4. The number of nitrogens with one attached hydrogen (secondary N) is 1. The second-order valence-electron chi connectivity index (χ2n) is 5.66. The number of sulfone groups is 1. The Morgan fingerprint density at radius 2 is 1.78 bits per heavy atom. The maximum Gasteiger partial charge on any atom is 0.329 e. The smallest absolute Gasteiger partial charge is 0.329 e. The van der Waals surface area contributed by atoms with E-state index >= 15 is 0 Å². The van der Waals surface area contributed by atoms with Gasteiger partial charge in [-0.25, -0.2) is 13.2 Å². The highest BCUT2D eigenvalue weighted by Gasteiger charge is 2.46. The molecule has 0 saturated heterocycles. The van der Waals surface area contributed by atoms with E-state index in [0.29, 0.717) is 12.8 Å². The number of aliphatic carboxylic acids is 1. The zero-order valence-electron chi connectivity index (χ0n) is 10.8. The minimum Gasteiger partial charge on any atom is -0.480 e. The quantitative estimate of drug-likeness (QED) is 0.771. The van der Waals surface area contributed by atoms with Crippen LogP contribution in [0.4, 0.5) is 0 Å². The number of carbonyl (C=O) groups is 2. The Kier molecular flexibility index (Phi) is 3.76. The lowest BCUT2D eigenvalue weighted by Crippen LogP contribution is -2.60. The molecule has 6 nitrogen and oxygen atoms in total. The molecule has 1 amide bonds. The first-order chi connectivity index (χ1) is 8.00. The Labute approximate surface area is 107 Å². The van der Waals surface area contributed by atoms with E-state index in [9.17, 15) is 18.0 Å². The van der Waals surface area contributed by atoms with Crippen LogP contribution >= 0.6 is 0 Å². The number of rotatable bonds is 4. The van der Waals surface area contributed by atoms with E-state index in [1.165, 1.54) is 20.8 Å². The van der Waals surface area contributed by atoms with Crippen LogP contribution in [0.1, 0.15) is 40.0 Å². The molecule has 0 aromatic rings. The van der Waals surface area contributed by atoms with Gasteiger partial charge in [-0.2, -0.15) is 0 Å². The maximum absolute atomic E-state index is 11.8. The summed E-state index contributed by atoms with van der Waals surface area (Å²) in [7, 11) is -3.58. The number of hydrogen-bond donors (Lipinski definition) is 2. The second kappa shape index (κ2) is 4.53. The van der Waals surface area contributed by atoms with Crippen LogP contribution in [0.25, 0.3) is 0 Å². The summed E-state index contributed by atoms with van der Waals surface area (Å²) in [6.07, 6.45) is 1.42. The summed E-state index contributed by atoms with van der Waals surface area (Å²) in [6, 6.07) is 0. The summed E-state index contributed by atoms with van der Waals surface area (Å²) in [6.45, 7) is 4.52. The predicted octanol–water partition coefficient (Wildman–Crippen LogP) is 0.323. The molecular weight excluding hydrogens is 258 g/mol. The highest BCUT2D eigenvalue weighted by molar-refractivity contribution is 7.93. The molecule has 0 unspecified atom stereocenters. The standard InChI is InChI=1S/C11H19NO5S/c1-10(2,3)18(16,17)7-8(13)12-11(9(14)15)5-4-6-11/h4-7H2,1-3H3,(H,12,13)(H,14,15). The van der Waals surface area contributed by atoms with Crippen molar-refractivity contribution < 1.29 is 23.1 Å². The van der Waals surface area contributed by atoms with Crippen LogP contribution < -0.4 is 5.32 Å². The number of carboxylic acid groups (broad SMARTS) is 1. The van der Waals surface area contributed by atoms with Crippen LogP contribution in [0.5, 0.6) is 0 Å². The fourth-order valence-corrected chi connectivity index (χ4v) is 2.47. The monoisotopic (exact) mass is 277 g/mol. The molecule has 7 heteroatoms. The molecule has 1 saturated carbocycles. The van der Waals surface area contributed by atoms with E-state index in [0.717, 1.165) is 6.42 Å². The van der Waals surface area contributed by atoms with Gasteiger partial charge < -0.3 is 10.4 Å². The molecule has 0 radical (unpaired) electrons. The Morgan fingerprint density at radius 1 is 1.28 bits per heavy atom. The van der Waals surface area contributed by atoms with Crippen molar-refractivity contribution in [3.8, 4) is 0 Å². The number of carboxylic acids is 1. The van der Waals surface area contributed by atoms with Gasteiger partial charge in [-0.15, -0.1) is 0 Å². The third kappa shape index (κ3) is 2.82. The summed E-state index contributed by atoms with van der Waals surface area (Å²) in [5, 5.41) is 11.4. The molecule has 1 rings (SSSR count). The molecule has 2 N–H and O–H groups in total. The maximum atomic E-state index is 11.8. The average Bonchev–Trinajstić information content (AvgIpc) is 2.07. The lowest BCUT2D eigenvalue weighted by molar-refractivity contribution is -0.151. The van der Waals surface area contributed by atoms with Gasteiger partial charge in [0.1, 0.15) is 11.3 Å². The van der Waals surface area contributed by atoms with Crippen LogP contribution in [0.15, 0.2) is 0 Å². The van der Waals surface area contributed by atoms with E-state index in [1.807, 2.05) is 0 Å². The van der Waals surface area contributed by atoms with E-state index < -0.39 is 37.8 Å². The molecule has 0 heterocycles. The Bertz CT molecular complexity index is 456. The van der Waals surface area contributed by atoms with Gasteiger partial charge in [0.2, 0.25) is 5.91 Å². The molecule has 0 aromatic heterocycles.